The molecule has 2 aromatic heterocycles. The minimum Gasteiger partial charge on any atom is -0.455 e. The molecule has 0 bridgehead atoms. The Bertz CT molecular complexity index is 3220. The standard InChI is InChI=1S/C55H36N4O/c1-5-15-37(16-6-1)38-25-30-44(31-26-38)59(43-22-11-4-12-23-43)45-32-27-40(28-33-45)46-35-36-49(52-50(46)48-34-29-39-17-13-14-24-47(39)51(48)60-52)55-57-53(41-18-7-2-8-19-41)56-54(58-55)42-20-9-3-10-21-42/h1-36H. The van der Waals surface area contributed by atoms with E-state index in [9.17, 15) is 0 Å². The number of nitrogens with zero attached hydrogens (tertiary/aromatic N) is 4. The number of aromatic nitrogens is 3. The Balaban J connectivity index is 1.07. The fourth-order valence-electron chi connectivity index (χ4n) is 8.20. The molecule has 0 N–H and O–H groups in total. The van der Waals surface area contributed by atoms with Gasteiger partial charge in [0.2, 0.25) is 0 Å². The van der Waals surface area contributed by atoms with Crippen LogP contribution in [0.5, 0.6) is 0 Å². The van der Waals surface area contributed by atoms with Crippen LogP contribution in [0.4, 0.5) is 17.1 Å². The molecule has 0 saturated carbocycles. The van der Waals surface area contributed by atoms with E-state index in [0.717, 1.165) is 77.6 Å². The van der Waals surface area contributed by atoms with Crippen molar-refractivity contribution in [3.05, 3.63) is 218 Å². The van der Waals surface area contributed by atoms with Gasteiger partial charge in [0.25, 0.3) is 0 Å². The first-order valence-corrected chi connectivity index (χ1v) is 20.1. The van der Waals surface area contributed by atoms with E-state index in [1.165, 1.54) is 11.1 Å². The number of para-hydroxylation sites is 1. The molecule has 0 fully saturated rings. The third-order valence-electron chi connectivity index (χ3n) is 11.1. The lowest BCUT2D eigenvalue weighted by Crippen LogP contribution is -2.09. The fourth-order valence-corrected chi connectivity index (χ4v) is 8.20. The zero-order valence-electron chi connectivity index (χ0n) is 32.5. The highest BCUT2D eigenvalue weighted by molar-refractivity contribution is 6.21. The van der Waals surface area contributed by atoms with Crippen LogP contribution in [0.1, 0.15) is 0 Å². The molecule has 0 atom stereocenters. The molecule has 282 valence electrons. The molecule has 9 aromatic carbocycles. The quantitative estimate of drug-likeness (QED) is 0.154. The van der Waals surface area contributed by atoms with E-state index in [2.05, 4.69) is 157 Å². The molecule has 0 aliphatic rings. The molecule has 5 heteroatoms. The van der Waals surface area contributed by atoms with Gasteiger partial charge in [-0.05, 0) is 76.2 Å². The highest BCUT2D eigenvalue weighted by Crippen LogP contribution is 2.44. The first-order chi connectivity index (χ1) is 29.7. The molecule has 11 rings (SSSR count). The summed E-state index contributed by atoms with van der Waals surface area (Å²) >= 11 is 0. The van der Waals surface area contributed by atoms with E-state index < -0.39 is 0 Å². The van der Waals surface area contributed by atoms with Crippen LogP contribution in [0.2, 0.25) is 0 Å². The summed E-state index contributed by atoms with van der Waals surface area (Å²) in [5, 5.41) is 4.23. The van der Waals surface area contributed by atoms with Crippen LogP contribution in [0.3, 0.4) is 0 Å². The molecular weight excluding hydrogens is 733 g/mol. The van der Waals surface area contributed by atoms with Crippen LogP contribution in [0, 0.1) is 0 Å². The Hall–Kier alpha value is -8.15. The maximum Gasteiger partial charge on any atom is 0.167 e. The first-order valence-electron chi connectivity index (χ1n) is 20.1. The average molecular weight is 769 g/mol. The number of anilines is 3. The van der Waals surface area contributed by atoms with Gasteiger partial charge in [-0.25, -0.2) is 15.0 Å². The van der Waals surface area contributed by atoms with Gasteiger partial charge in [0, 0.05) is 44.3 Å². The van der Waals surface area contributed by atoms with Crippen LogP contribution in [0.15, 0.2) is 223 Å². The zero-order chi connectivity index (χ0) is 39.8. The minimum absolute atomic E-state index is 0.551. The van der Waals surface area contributed by atoms with Gasteiger partial charge >= 0.3 is 0 Å². The second-order valence-electron chi connectivity index (χ2n) is 14.8. The van der Waals surface area contributed by atoms with Crippen LogP contribution in [0.25, 0.3) is 89.1 Å². The summed E-state index contributed by atoms with van der Waals surface area (Å²) in [5.74, 6) is 1.76. The maximum absolute atomic E-state index is 7.02. The fraction of sp³-hybridized carbons (Fsp3) is 0. The van der Waals surface area contributed by atoms with Gasteiger partial charge in [0.05, 0.1) is 5.56 Å². The average Bonchev–Trinajstić information content (AvgIpc) is 3.73. The summed E-state index contributed by atoms with van der Waals surface area (Å²) in [6, 6.07) is 75.8. The van der Waals surface area contributed by atoms with E-state index in [1.54, 1.807) is 0 Å². The molecule has 0 aliphatic carbocycles. The van der Waals surface area contributed by atoms with E-state index >= 15 is 0 Å². The Labute approximate surface area is 347 Å². The molecule has 60 heavy (non-hydrogen) atoms. The molecular formula is C55H36N4O. The molecule has 5 nitrogen and oxygen atoms in total. The van der Waals surface area contributed by atoms with Crippen molar-refractivity contribution in [2.45, 2.75) is 0 Å². The van der Waals surface area contributed by atoms with Crippen LogP contribution in [-0.4, -0.2) is 15.0 Å². The summed E-state index contributed by atoms with van der Waals surface area (Å²) < 4.78 is 7.02. The van der Waals surface area contributed by atoms with E-state index in [1.807, 2.05) is 66.7 Å². The molecule has 11 aromatic rings. The highest BCUT2D eigenvalue weighted by atomic mass is 16.3. The largest absolute Gasteiger partial charge is 0.455 e. The van der Waals surface area contributed by atoms with Crippen molar-refractivity contribution >= 4 is 49.8 Å². The van der Waals surface area contributed by atoms with Crippen molar-refractivity contribution < 1.29 is 4.42 Å². The minimum atomic E-state index is 0.551. The predicted molar refractivity (Wildman–Crippen MR) is 246 cm³/mol. The van der Waals surface area contributed by atoms with Gasteiger partial charge in [-0.1, -0.05) is 170 Å². The zero-order valence-corrected chi connectivity index (χ0v) is 32.5. The van der Waals surface area contributed by atoms with Crippen LogP contribution < -0.4 is 4.90 Å². The molecule has 0 unspecified atom stereocenters. The Kier molecular flexibility index (Phi) is 8.75. The second-order valence-corrected chi connectivity index (χ2v) is 14.8. The first kappa shape index (κ1) is 35.0. The lowest BCUT2D eigenvalue weighted by atomic mass is 9.95. The molecule has 0 saturated heterocycles. The lowest BCUT2D eigenvalue weighted by Gasteiger charge is -2.26. The van der Waals surface area contributed by atoms with Crippen LogP contribution >= 0.6 is 0 Å². The van der Waals surface area contributed by atoms with Gasteiger partial charge in [-0.2, -0.15) is 0 Å². The topological polar surface area (TPSA) is 55.1 Å². The second kappa shape index (κ2) is 15.0. The molecule has 0 radical (unpaired) electrons. The SMILES string of the molecule is c1ccc(-c2ccc(N(c3ccccc3)c3ccc(-c4ccc(-c5nc(-c6ccccc6)nc(-c6ccccc6)n5)c5oc6c7ccccc7ccc6c45)cc3)cc2)cc1. The number of furan rings is 1. The Morgan fingerprint density at radius 2 is 0.767 bits per heavy atom. The monoisotopic (exact) mass is 768 g/mol. The number of benzene rings is 9. The number of hydrogen-bond acceptors (Lipinski definition) is 5. The smallest absolute Gasteiger partial charge is 0.167 e. The molecule has 0 amide bonds. The van der Waals surface area contributed by atoms with Crippen molar-refractivity contribution in [2.75, 3.05) is 4.90 Å². The summed E-state index contributed by atoms with van der Waals surface area (Å²) in [4.78, 5) is 17.5. The highest BCUT2D eigenvalue weighted by Gasteiger charge is 2.22. The van der Waals surface area contributed by atoms with E-state index in [0.29, 0.717) is 17.5 Å². The normalized spacial score (nSPS) is 11.3. The van der Waals surface area contributed by atoms with Gasteiger partial charge in [0.1, 0.15) is 11.2 Å². The Morgan fingerprint density at radius 3 is 1.38 bits per heavy atom. The van der Waals surface area contributed by atoms with E-state index in [4.69, 9.17) is 19.4 Å². The van der Waals surface area contributed by atoms with Crippen molar-refractivity contribution in [3.8, 4) is 56.4 Å². The molecule has 2 heterocycles. The third kappa shape index (κ3) is 6.35. The maximum atomic E-state index is 7.02. The summed E-state index contributed by atoms with van der Waals surface area (Å²) in [6.45, 7) is 0. The molecule has 0 spiro atoms. The Morgan fingerprint density at radius 1 is 0.300 bits per heavy atom. The summed E-state index contributed by atoms with van der Waals surface area (Å²) in [5.41, 5.74) is 11.9. The summed E-state index contributed by atoms with van der Waals surface area (Å²) in [6.07, 6.45) is 0. The third-order valence-corrected chi connectivity index (χ3v) is 11.1. The van der Waals surface area contributed by atoms with Gasteiger partial charge < -0.3 is 9.32 Å². The van der Waals surface area contributed by atoms with E-state index in [-0.39, 0.29) is 0 Å². The van der Waals surface area contributed by atoms with Gasteiger partial charge in [0.15, 0.2) is 17.5 Å². The van der Waals surface area contributed by atoms with Gasteiger partial charge in [-0.3, -0.25) is 0 Å². The van der Waals surface area contributed by atoms with Crippen molar-refractivity contribution in [2.24, 2.45) is 0 Å². The number of hydrogen-bond donors (Lipinski definition) is 0. The van der Waals surface area contributed by atoms with Crippen LogP contribution in [-0.2, 0) is 0 Å². The van der Waals surface area contributed by atoms with Crippen molar-refractivity contribution in [3.63, 3.8) is 0 Å². The molecule has 0 aliphatic heterocycles. The predicted octanol–water partition coefficient (Wildman–Crippen LogP) is 14.7. The number of rotatable bonds is 8. The van der Waals surface area contributed by atoms with Gasteiger partial charge in [-0.15, -0.1) is 0 Å². The van der Waals surface area contributed by atoms with Crippen molar-refractivity contribution in [1.82, 2.24) is 15.0 Å². The van der Waals surface area contributed by atoms with Crippen molar-refractivity contribution in [1.29, 1.82) is 0 Å². The summed E-state index contributed by atoms with van der Waals surface area (Å²) in [7, 11) is 0. The number of fused-ring (bicyclic) bond motifs is 5. The lowest BCUT2D eigenvalue weighted by molar-refractivity contribution is 0.673.